The Hall–Kier alpha value is -5.13. The number of hydrogen-bond acceptors (Lipinski definition) is 23. The molecule has 452 valence electrons. The molecule has 0 saturated heterocycles. The van der Waals surface area contributed by atoms with Gasteiger partial charge in [0, 0.05) is 79.4 Å². The number of fused-ring (bicyclic) bond motifs is 6. The summed E-state index contributed by atoms with van der Waals surface area (Å²) in [7, 11) is -23.3. The minimum atomic E-state index is -5.41. The number of carbonyl (C=O) groups excluding carboxylic acids is 1. The van der Waals surface area contributed by atoms with Gasteiger partial charge < -0.3 is 51.3 Å². The number of nitrogens with zero attached hydrogens (tertiary/aromatic N) is 2. The summed E-state index contributed by atoms with van der Waals surface area (Å²) in [6.45, 7) is 5.60. The molecule has 0 bridgehead atoms. The normalized spacial score (nSPS) is 18.5. The molecule has 30 heteroatoms. The van der Waals surface area contributed by atoms with Gasteiger partial charge in [0.2, 0.25) is 11.6 Å². The molecule has 2 unspecified atom stereocenters. The van der Waals surface area contributed by atoms with Gasteiger partial charge >= 0.3 is 0 Å². The zero-order valence-electron chi connectivity index (χ0n) is 45.3. The first kappa shape index (κ1) is 66.0. The van der Waals surface area contributed by atoms with Gasteiger partial charge in [-0.15, -0.1) is 0 Å². The third kappa shape index (κ3) is 15.8. The number of benzene rings is 4. The molecule has 82 heavy (non-hydrogen) atoms. The molecular weight excluding hydrogens is 1180 g/mol. The number of anilines is 1. The molecule has 0 radical (unpaired) electrons. The van der Waals surface area contributed by atoms with Crippen LogP contribution in [0, 0.1) is 0 Å². The molecule has 4 aromatic rings. The highest BCUT2D eigenvalue weighted by Gasteiger charge is 2.49. The lowest BCUT2D eigenvalue weighted by molar-refractivity contribution is -0.441. The van der Waals surface area contributed by atoms with Gasteiger partial charge in [0.1, 0.15) is 47.1 Å². The van der Waals surface area contributed by atoms with Crippen molar-refractivity contribution in [3.63, 3.8) is 0 Å². The van der Waals surface area contributed by atoms with Crippen molar-refractivity contribution in [2.24, 2.45) is 5.84 Å². The van der Waals surface area contributed by atoms with Crippen molar-refractivity contribution in [2.45, 2.75) is 89.2 Å². The summed E-state index contributed by atoms with van der Waals surface area (Å²) in [5, 5.41) is -0.487. The van der Waals surface area contributed by atoms with Crippen molar-refractivity contribution in [2.75, 3.05) is 90.8 Å². The second-order valence-electron chi connectivity index (χ2n) is 19.7. The van der Waals surface area contributed by atoms with Crippen molar-refractivity contribution in [1.29, 1.82) is 0 Å². The van der Waals surface area contributed by atoms with Gasteiger partial charge in [-0.2, -0.15) is 4.58 Å². The molecule has 2 aliphatic rings. The Labute approximate surface area is 477 Å². The minimum absolute atomic E-state index is 0.00932. The second-order valence-corrected chi connectivity index (χ2v) is 26.7. The highest BCUT2D eigenvalue weighted by atomic mass is 32.2. The lowest BCUT2D eigenvalue weighted by Crippen LogP contribution is -2.32. The number of allylic oxidation sites excluding steroid dienone is 6. The highest BCUT2D eigenvalue weighted by Crippen LogP contribution is 2.54. The third-order valence-electron chi connectivity index (χ3n) is 14.3. The number of methoxy groups -OCH3 is 2. The van der Waals surface area contributed by atoms with Crippen molar-refractivity contribution in [3.05, 3.63) is 95.7 Å². The average Bonchev–Trinajstić information content (AvgIpc) is 2.51. The minimum Gasteiger partial charge on any atom is -0.748 e. The first-order valence-corrected chi connectivity index (χ1v) is 32.8. The fourth-order valence-electron chi connectivity index (χ4n) is 10.6. The zero-order chi connectivity index (χ0) is 60.5. The van der Waals surface area contributed by atoms with Crippen molar-refractivity contribution in [3.8, 4) is 0 Å². The van der Waals surface area contributed by atoms with E-state index >= 15 is 0 Å². The number of carbonyl (C=O) groups is 1. The van der Waals surface area contributed by atoms with Gasteiger partial charge in [0.05, 0.1) is 74.8 Å². The molecule has 6 rings (SSSR count). The van der Waals surface area contributed by atoms with Crippen LogP contribution in [0.25, 0.3) is 21.5 Å². The summed E-state index contributed by atoms with van der Waals surface area (Å²) in [6, 6.07) is 8.73. The SMILES string of the molecule is COCCOCCOCCOCCC1(C)\C(=C/C=C/C=C/C2=[N+](CCOC)c3ccc4c(S(=O)(=O)[O-])cc(S(=O)(=O)[O-])cc4c3C2(C)CCCS(=O)(=O)[O-])N(CCCCCC(=O)NN)c2ccc3c(S(=O)(=O)[O-])cc(S(=O)(=O)[O-])cc3c21. The summed E-state index contributed by atoms with van der Waals surface area (Å²) in [6.07, 6.45) is 9.56. The van der Waals surface area contributed by atoms with Crippen LogP contribution in [0.15, 0.2) is 104 Å². The van der Waals surface area contributed by atoms with Gasteiger partial charge in [-0.25, -0.2) is 47.9 Å². The fourth-order valence-corrected chi connectivity index (χ4v) is 13.7. The smallest absolute Gasteiger partial charge is 0.233 e. The standard InChI is InChI=1S/C52H68N4O21S5/c1-51(19-11-31-78(58,59)60)46(56(22-24-73-3)43-18-16-38-40(49(43)51)32-36(79(61,62)63)34-44(38)81(67,68)69)12-7-5-8-13-47-52(2,20-23-75-27-28-77-30-29-76-26-25-74-4)50-41-33-37(80(64,65)66)35-45(82(70,71)72)39(41)15-17-42(50)55(47)21-10-6-9-14-48(57)54-53/h5,7-8,12-13,15-18,32-35H,6,9-11,14,19-31,53H2,1-4H3,(H5-,54,57,58,59,60,61,62,63,64,65,66,67,68,69,70,71,72)/p-4. The van der Waals surface area contributed by atoms with Crippen LogP contribution in [0.4, 0.5) is 11.4 Å². The highest BCUT2D eigenvalue weighted by molar-refractivity contribution is 7.87. The number of hydrogen-bond donors (Lipinski definition) is 2. The van der Waals surface area contributed by atoms with Gasteiger partial charge in [-0.3, -0.25) is 10.2 Å². The fraction of sp³-hybridized carbons (Fsp3) is 0.462. The van der Waals surface area contributed by atoms with E-state index in [9.17, 15) is 69.6 Å². The van der Waals surface area contributed by atoms with Crippen molar-refractivity contribution in [1.82, 2.24) is 5.43 Å². The number of hydrazine groups is 1. The van der Waals surface area contributed by atoms with E-state index in [1.54, 1.807) is 62.0 Å². The lowest BCUT2D eigenvalue weighted by atomic mass is 9.74. The van der Waals surface area contributed by atoms with Gasteiger partial charge in [-0.05, 0) is 110 Å². The molecule has 2 atom stereocenters. The van der Waals surface area contributed by atoms with E-state index in [0.717, 1.165) is 12.1 Å². The van der Waals surface area contributed by atoms with E-state index in [1.165, 1.54) is 25.3 Å². The topological polar surface area (TPSA) is 394 Å². The molecule has 0 fully saturated rings. The molecule has 25 nitrogen and oxygen atoms in total. The number of unbranched alkanes of at least 4 members (excludes halogenated alkanes) is 2. The maximum Gasteiger partial charge on any atom is 0.233 e. The number of amides is 1. The van der Waals surface area contributed by atoms with E-state index in [1.807, 2.05) is 4.90 Å². The largest absolute Gasteiger partial charge is 0.748 e. The molecule has 2 heterocycles. The molecule has 0 aliphatic carbocycles. The van der Waals surface area contributed by atoms with Crippen molar-refractivity contribution >= 4 is 95.1 Å². The van der Waals surface area contributed by atoms with E-state index in [0.29, 0.717) is 79.6 Å². The van der Waals surface area contributed by atoms with Crippen LogP contribution in [0.5, 0.6) is 0 Å². The third-order valence-corrected chi connectivity index (χ3v) is 18.5. The monoisotopic (exact) mass is 1240 g/mol. The van der Waals surface area contributed by atoms with Gasteiger partial charge in [0.25, 0.3) is 0 Å². The van der Waals surface area contributed by atoms with Crippen LogP contribution in [-0.2, 0) is 89.9 Å². The Morgan fingerprint density at radius 2 is 1.16 bits per heavy atom. The summed E-state index contributed by atoms with van der Waals surface area (Å²) in [5.74, 6) is 4.09. The Bertz CT molecular complexity index is 3760. The van der Waals surface area contributed by atoms with Gasteiger partial charge in [-0.1, -0.05) is 30.7 Å². The summed E-state index contributed by atoms with van der Waals surface area (Å²) in [4.78, 5) is 10.0. The number of rotatable bonds is 32. The van der Waals surface area contributed by atoms with Crippen LogP contribution in [0.1, 0.15) is 69.9 Å². The molecule has 0 spiro atoms. The van der Waals surface area contributed by atoms with E-state index in [4.69, 9.17) is 29.5 Å². The van der Waals surface area contributed by atoms with E-state index < -0.39 is 86.8 Å². The van der Waals surface area contributed by atoms with Crippen molar-refractivity contribution < 1.29 is 97.9 Å². The molecule has 4 aromatic carbocycles. The van der Waals surface area contributed by atoms with E-state index in [2.05, 4.69) is 5.43 Å². The quantitative estimate of drug-likeness (QED) is 0.0135. The Balaban J connectivity index is 1.51. The Morgan fingerprint density at radius 3 is 1.70 bits per heavy atom. The van der Waals surface area contributed by atoms with Gasteiger partial charge in [0.15, 0.2) is 12.3 Å². The first-order valence-electron chi connectivity index (χ1n) is 25.6. The van der Waals surface area contributed by atoms with Crippen LogP contribution >= 0.6 is 0 Å². The summed E-state index contributed by atoms with van der Waals surface area (Å²) < 4.78 is 217. The Kier molecular flexibility index (Phi) is 22.0. The second kappa shape index (κ2) is 27.3. The predicted molar refractivity (Wildman–Crippen MR) is 293 cm³/mol. The van der Waals surface area contributed by atoms with E-state index in [-0.39, 0.29) is 105 Å². The maximum atomic E-state index is 12.8. The molecule has 0 saturated carbocycles. The molecular formula is C52H64N4O21S5-4. The molecule has 0 aromatic heterocycles. The summed E-state index contributed by atoms with van der Waals surface area (Å²) >= 11 is 0. The maximum absolute atomic E-state index is 12.8. The number of nitrogens with two attached hydrogens (primary N) is 1. The molecule has 1 amide bonds. The molecule has 2 aliphatic heterocycles. The predicted octanol–water partition coefficient (Wildman–Crippen LogP) is 3.35. The lowest BCUT2D eigenvalue weighted by Gasteiger charge is -2.31. The van der Waals surface area contributed by atoms with Crippen LogP contribution < -0.4 is 16.2 Å². The zero-order valence-corrected chi connectivity index (χ0v) is 49.4. The first-order chi connectivity index (χ1) is 38.4. The number of nitrogens with one attached hydrogen (secondary N) is 1. The Morgan fingerprint density at radius 1 is 0.610 bits per heavy atom. The van der Waals surface area contributed by atoms with Crippen LogP contribution in [-0.4, -0.2) is 167 Å². The average molecular weight is 1240 g/mol. The van der Waals surface area contributed by atoms with Crippen LogP contribution in [0.3, 0.4) is 0 Å². The number of ether oxygens (including phenoxy) is 5. The molecule has 3 N–H and O–H groups in total. The van der Waals surface area contributed by atoms with Crippen LogP contribution in [0.2, 0.25) is 0 Å². The summed E-state index contributed by atoms with van der Waals surface area (Å²) in [5.41, 5.74) is 1.85.